The molecule has 182 valence electrons. The third-order valence-corrected chi connectivity index (χ3v) is 5.67. The Morgan fingerprint density at radius 1 is 0.625 bits per heavy atom. The molecule has 0 radical (unpaired) electrons. The zero-order valence-corrected chi connectivity index (χ0v) is 18.0. The molecule has 11 heteroatoms. The van der Waals surface area contributed by atoms with Gasteiger partial charge in [0.1, 0.15) is 54.9 Å². The molecule has 9 atom stereocenters. The van der Waals surface area contributed by atoms with Crippen molar-refractivity contribution >= 4 is 6.29 Å². The van der Waals surface area contributed by atoms with Crippen LogP contribution in [0.4, 0.5) is 0 Å². The first-order chi connectivity index (χ1) is 15.8. The summed E-state index contributed by atoms with van der Waals surface area (Å²) in [4.78, 5) is 12.0. The predicted molar refractivity (Wildman–Crippen MR) is 105 cm³/mol. The van der Waals surface area contributed by atoms with Crippen LogP contribution >= 0.6 is 0 Å². The van der Waals surface area contributed by atoms with Crippen LogP contribution in [0.1, 0.15) is 0 Å². The van der Waals surface area contributed by atoms with E-state index >= 15 is 0 Å². The zero-order valence-electron chi connectivity index (χ0n) is 18.0. The molecule has 5 aliphatic rings. The molecule has 0 aromatic carbocycles. The van der Waals surface area contributed by atoms with Crippen molar-refractivity contribution in [3.05, 3.63) is 0 Å². The average Bonchev–Trinajstić information content (AvgIpc) is 3.63. The van der Waals surface area contributed by atoms with E-state index in [1.54, 1.807) is 0 Å². The molecular weight excluding hydrogens is 428 g/mol. The molecular formula is C21H32O11. The van der Waals surface area contributed by atoms with Gasteiger partial charge in [0.25, 0.3) is 0 Å². The molecule has 0 bridgehead atoms. The molecule has 0 aromatic rings. The highest BCUT2D eigenvalue weighted by atomic mass is 16.7. The van der Waals surface area contributed by atoms with Crippen LogP contribution in [0.25, 0.3) is 0 Å². The van der Waals surface area contributed by atoms with Crippen molar-refractivity contribution in [1.82, 2.24) is 0 Å². The van der Waals surface area contributed by atoms with Crippen LogP contribution in [-0.4, -0.2) is 134 Å². The van der Waals surface area contributed by atoms with E-state index in [9.17, 15) is 4.79 Å². The molecule has 0 amide bonds. The van der Waals surface area contributed by atoms with Crippen molar-refractivity contribution in [2.24, 2.45) is 0 Å². The molecule has 0 spiro atoms. The average molecular weight is 460 g/mol. The van der Waals surface area contributed by atoms with E-state index in [4.69, 9.17) is 47.4 Å². The fourth-order valence-electron chi connectivity index (χ4n) is 3.26. The summed E-state index contributed by atoms with van der Waals surface area (Å²) in [5, 5.41) is 0. The Kier molecular flexibility index (Phi) is 8.01. The number of carbonyl (C=O) groups excluding carboxylic acids is 1. The van der Waals surface area contributed by atoms with Gasteiger partial charge in [0.15, 0.2) is 6.29 Å². The first kappa shape index (κ1) is 23.0. The van der Waals surface area contributed by atoms with Crippen molar-refractivity contribution in [2.75, 3.05) is 72.7 Å². The Labute approximate surface area is 186 Å². The minimum absolute atomic E-state index is 0.0186. The Balaban J connectivity index is 1.27. The van der Waals surface area contributed by atoms with Crippen molar-refractivity contribution in [3.63, 3.8) is 0 Å². The molecule has 0 aliphatic carbocycles. The quantitative estimate of drug-likeness (QED) is 0.160. The largest absolute Gasteiger partial charge is 0.376 e. The van der Waals surface area contributed by atoms with Crippen molar-refractivity contribution in [1.29, 1.82) is 0 Å². The van der Waals surface area contributed by atoms with E-state index in [1.165, 1.54) is 0 Å². The number of aldehydes is 1. The molecule has 5 rings (SSSR count). The molecule has 11 nitrogen and oxygen atoms in total. The molecule has 5 unspecified atom stereocenters. The number of rotatable bonds is 20. The third kappa shape index (κ3) is 7.94. The number of ether oxygens (including phenoxy) is 10. The summed E-state index contributed by atoms with van der Waals surface area (Å²) in [5.74, 6) is 0. The van der Waals surface area contributed by atoms with Gasteiger partial charge in [-0.05, 0) is 0 Å². The first-order valence-corrected chi connectivity index (χ1v) is 11.4. The fraction of sp³-hybridized carbons (Fsp3) is 0.952. The molecule has 0 aromatic heterocycles. The summed E-state index contributed by atoms with van der Waals surface area (Å²) in [6, 6.07) is 0. The van der Waals surface area contributed by atoms with Gasteiger partial charge in [0, 0.05) is 0 Å². The molecule has 5 heterocycles. The minimum Gasteiger partial charge on any atom is -0.376 e. The molecule has 0 N–H and O–H groups in total. The maximum absolute atomic E-state index is 12.0. The summed E-state index contributed by atoms with van der Waals surface area (Å²) in [6.45, 7) is 5.48. The lowest BCUT2D eigenvalue weighted by Crippen LogP contribution is -2.52. The Morgan fingerprint density at radius 2 is 1.06 bits per heavy atom. The van der Waals surface area contributed by atoms with Gasteiger partial charge < -0.3 is 52.2 Å². The van der Waals surface area contributed by atoms with Crippen molar-refractivity contribution in [2.45, 2.75) is 54.9 Å². The van der Waals surface area contributed by atoms with Crippen LogP contribution in [0, 0.1) is 0 Å². The standard InChI is InChI=1S/C21H32O11/c22-1-18(29-8-14-4-25-14)20(31-10-16-6-27-16)21(32-11-17-7-28-17)19(30-9-15-5-26-15)12-23-2-13-3-24-13/h1,13-21H,2-12H2/t13?,14?,15?,16?,17?,18-,19+,20+,21+/m0/s1. The van der Waals surface area contributed by atoms with Crippen LogP contribution in [0.3, 0.4) is 0 Å². The Morgan fingerprint density at radius 3 is 1.56 bits per heavy atom. The van der Waals surface area contributed by atoms with E-state index < -0.39 is 24.4 Å². The van der Waals surface area contributed by atoms with Crippen molar-refractivity contribution in [3.8, 4) is 0 Å². The van der Waals surface area contributed by atoms with Crippen molar-refractivity contribution < 1.29 is 52.2 Å². The SMILES string of the molecule is O=C[C@H](OCC1CO1)[C@@H](OCC1CO1)[C@H](OCC1CO1)[C@@H](COCC1CO1)OCC1CO1. The van der Waals surface area contributed by atoms with Crippen LogP contribution in [0.2, 0.25) is 0 Å². The van der Waals surface area contributed by atoms with Crippen LogP contribution < -0.4 is 0 Å². The van der Waals surface area contributed by atoms with Gasteiger partial charge >= 0.3 is 0 Å². The summed E-state index contributed by atoms with van der Waals surface area (Å²) >= 11 is 0. The van der Waals surface area contributed by atoms with Gasteiger partial charge in [-0.25, -0.2) is 0 Å². The lowest BCUT2D eigenvalue weighted by molar-refractivity contribution is -0.190. The second kappa shape index (κ2) is 11.1. The van der Waals surface area contributed by atoms with E-state index in [2.05, 4.69) is 0 Å². The van der Waals surface area contributed by atoms with Gasteiger partial charge in [-0.1, -0.05) is 0 Å². The first-order valence-electron chi connectivity index (χ1n) is 11.4. The number of hydrogen-bond donors (Lipinski definition) is 0. The van der Waals surface area contributed by atoms with Gasteiger partial charge in [0.05, 0.1) is 72.7 Å². The van der Waals surface area contributed by atoms with Gasteiger partial charge in [0.2, 0.25) is 0 Å². The highest BCUT2D eigenvalue weighted by Gasteiger charge is 2.42. The zero-order chi connectivity index (χ0) is 21.8. The van der Waals surface area contributed by atoms with Crippen LogP contribution in [-0.2, 0) is 52.2 Å². The maximum Gasteiger partial charge on any atom is 0.151 e. The summed E-state index contributed by atoms with van der Waals surface area (Å²) in [6.07, 6.45) is -1.64. The normalized spacial score (nSPS) is 35.6. The Bertz CT molecular complexity index is 586. The highest BCUT2D eigenvalue weighted by Crippen LogP contribution is 2.24. The summed E-state index contributed by atoms with van der Waals surface area (Å²) in [5.41, 5.74) is 0. The fourth-order valence-corrected chi connectivity index (χ4v) is 3.26. The highest BCUT2D eigenvalue weighted by molar-refractivity contribution is 5.57. The molecule has 32 heavy (non-hydrogen) atoms. The van der Waals surface area contributed by atoms with Gasteiger partial charge in [-0.3, -0.25) is 0 Å². The van der Waals surface area contributed by atoms with Gasteiger partial charge in [-0.15, -0.1) is 0 Å². The minimum atomic E-state index is -0.849. The molecule has 5 saturated heterocycles. The molecule has 5 fully saturated rings. The maximum atomic E-state index is 12.0. The number of carbonyl (C=O) groups is 1. The third-order valence-electron chi connectivity index (χ3n) is 5.67. The second-order valence-corrected chi connectivity index (χ2v) is 8.72. The summed E-state index contributed by atoms with van der Waals surface area (Å²) in [7, 11) is 0. The molecule has 5 aliphatic heterocycles. The lowest BCUT2D eigenvalue weighted by atomic mass is 10.0. The number of epoxide rings is 5. The second-order valence-electron chi connectivity index (χ2n) is 8.72. The van der Waals surface area contributed by atoms with E-state index in [1.807, 2.05) is 0 Å². The topological polar surface area (TPSA) is 126 Å². The lowest BCUT2D eigenvalue weighted by Gasteiger charge is -2.35. The monoisotopic (exact) mass is 460 g/mol. The van der Waals surface area contributed by atoms with Crippen LogP contribution in [0.15, 0.2) is 0 Å². The van der Waals surface area contributed by atoms with E-state index in [0.29, 0.717) is 66.1 Å². The molecule has 0 saturated carbocycles. The summed E-state index contributed by atoms with van der Waals surface area (Å²) < 4.78 is 56.6. The van der Waals surface area contributed by atoms with E-state index in [-0.39, 0.29) is 37.1 Å². The Hall–Kier alpha value is -0.730. The predicted octanol–water partition coefficient (Wildman–Crippen LogP) is -1.26. The van der Waals surface area contributed by atoms with E-state index in [0.717, 1.165) is 6.29 Å². The smallest absolute Gasteiger partial charge is 0.151 e. The van der Waals surface area contributed by atoms with Gasteiger partial charge in [-0.2, -0.15) is 0 Å². The number of hydrogen-bond acceptors (Lipinski definition) is 11. The van der Waals surface area contributed by atoms with Crippen LogP contribution in [0.5, 0.6) is 0 Å².